The van der Waals surface area contributed by atoms with Crippen LogP contribution in [-0.4, -0.2) is 28.4 Å². The number of halogens is 2. The highest BCUT2D eigenvalue weighted by atomic mass is 35.5. The molecular weight excluding hydrogens is 419 g/mol. The number of carbonyl (C=O) groups is 2. The average molecular weight is 439 g/mol. The lowest BCUT2D eigenvalue weighted by Gasteiger charge is -2.36. The quantitative estimate of drug-likeness (QED) is 0.637. The van der Waals surface area contributed by atoms with Gasteiger partial charge in [0.25, 0.3) is 0 Å². The summed E-state index contributed by atoms with van der Waals surface area (Å²) in [5.41, 5.74) is 5.21. The number of nitrogens with two attached hydrogens (primary N) is 1. The number of nitrogens with zero attached hydrogens (tertiary/aromatic N) is 2. The van der Waals surface area contributed by atoms with E-state index in [1.807, 2.05) is 30.3 Å². The van der Waals surface area contributed by atoms with Crippen LogP contribution in [0, 0.1) is 5.82 Å². The molecule has 4 rings (SSSR count). The fourth-order valence-electron chi connectivity index (χ4n) is 4.16. The van der Waals surface area contributed by atoms with Crippen LogP contribution >= 0.6 is 11.6 Å². The van der Waals surface area contributed by atoms with Gasteiger partial charge < -0.3 is 10.6 Å². The van der Waals surface area contributed by atoms with E-state index >= 15 is 0 Å². The fraction of sp³-hybridized carbons (Fsp3) is 0.174. The molecule has 31 heavy (non-hydrogen) atoms. The van der Waals surface area contributed by atoms with Gasteiger partial charge in [-0.2, -0.15) is 0 Å². The van der Waals surface area contributed by atoms with Crippen molar-refractivity contribution in [3.63, 3.8) is 0 Å². The van der Waals surface area contributed by atoms with Crippen LogP contribution in [0.3, 0.4) is 0 Å². The van der Waals surface area contributed by atoms with E-state index in [0.717, 1.165) is 5.56 Å². The molecule has 158 valence electrons. The number of carbonyl (C=O) groups excluding carboxylic acids is 2. The molecule has 0 saturated carbocycles. The monoisotopic (exact) mass is 438 g/mol. The summed E-state index contributed by atoms with van der Waals surface area (Å²) < 4.78 is 14.9. The van der Waals surface area contributed by atoms with Gasteiger partial charge in [-0.3, -0.25) is 10.1 Å². The van der Waals surface area contributed by atoms with Crippen molar-refractivity contribution in [3.05, 3.63) is 94.9 Å². The maximum Gasteiger partial charge on any atom is 0.324 e. The lowest BCUT2D eigenvalue weighted by molar-refractivity contribution is -0.127. The van der Waals surface area contributed by atoms with Crippen molar-refractivity contribution >= 4 is 29.4 Å². The molecule has 6 nitrogen and oxygen atoms in total. The molecule has 0 spiro atoms. The van der Waals surface area contributed by atoms with Crippen LogP contribution in [0.4, 0.5) is 15.0 Å². The number of anilines is 1. The Labute approximate surface area is 183 Å². The normalized spacial score (nSPS) is 20.5. The van der Waals surface area contributed by atoms with Gasteiger partial charge in [0.2, 0.25) is 5.91 Å². The van der Waals surface area contributed by atoms with Crippen LogP contribution in [0.1, 0.15) is 23.5 Å². The maximum atomic E-state index is 14.9. The first-order chi connectivity index (χ1) is 14.9. The van der Waals surface area contributed by atoms with E-state index < -0.39 is 23.3 Å². The number of aromatic nitrogens is 1. The Kier molecular flexibility index (Phi) is 5.61. The van der Waals surface area contributed by atoms with Crippen LogP contribution in [-0.2, 0) is 10.3 Å². The molecule has 0 bridgehead atoms. The third kappa shape index (κ3) is 3.84. The number of rotatable bonds is 4. The third-order valence-corrected chi connectivity index (χ3v) is 5.83. The van der Waals surface area contributed by atoms with Crippen molar-refractivity contribution < 1.29 is 14.0 Å². The van der Waals surface area contributed by atoms with Crippen molar-refractivity contribution in [1.82, 2.24) is 9.88 Å². The van der Waals surface area contributed by atoms with Gasteiger partial charge in [-0.25, -0.2) is 14.2 Å². The number of likely N-dealkylation sites (tertiary alicyclic amines) is 1. The molecule has 8 heteroatoms. The lowest BCUT2D eigenvalue weighted by Crippen LogP contribution is -2.55. The molecule has 1 aromatic heterocycles. The van der Waals surface area contributed by atoms with Gasteiger partial charge >= 0.3 is 6.03 Å². The maximum absolute atomic E-state index is 14.9. The van der Waals surface area contributed by atoms with Gasteiger partial charge in [-0.05, 0) is 30.2 Å². The van der Waals surface area contributed by atoms with E-state index in [1.54, 1.807) is 18.2 Å². The van der Waals surface area contributed by atoms with Crippen LogP contribution < -0.4 is 11.1 Å². The van der Waals surface area contributed by atoms with Gasteiger partial charge in [-0.1, -0.05) is 60.1 Å². The summed E-state index contributed by atoms with van der Waals surface area (Å²) in [6, 6.07) is 17.9. The fourth-order valence-corrected chi connectivity index (χ4v) is 4.27. The van der Waals surface area contributed by atoms with E-state index in [2.05, 4.69) is 10.3 Å². The van der Waals surface area contributed by atoms with Crippen LogP contribution in [0.2, 0.25) is 5.02 Å². The average Bonchev–Trinajstić information content (AvgIpc) is 3.18. The molecule has 2 unspecified atom stereocenters. The minimum atomic E-state index is -1.65. The van der Waals surface area contributed by atoms with Gasteiger partial charge in [-0.15, -0.1) is 0 Å². The van der Waals surface area contributed by atoms with E-state index in [-0.39, 0.29) is 30.3 Å². The molecule has 0 aliphatic carbocycles. The zero-order valence-corrected chi connectivity index (χ0v) is 17.2. The number of urea groups is 1. The second-order valence-corrected chi connectivity index (χ2v) is 7.85. The van der Waals surface area contributed by atoms with Gasteiger partial charge in [0.05, 0.1) is 5.02 Å². The van der Waals surface area contributed by atoms with Crippen LogP contribution in [0.25, 0.3) is 0 Å². The first kappa shape index (κ1) is 20.8. The summed E-state index contributed by atoms with van der Waals surface area (Å²) >= 11 is 5.86. The first-order valence-electron chi connectivity index (χ1n) is 9.72. The summed E-state index contributed by atoms with van der Waals surface area (Å²) in [6.45, 7) is 0.181. The molecule has 1 saturated heterocycles. The molecular formula is C23H20ClFN4O2. The molecule has 2 aromatic carbocycles. The van der Waals surface area contributed by atoms with Crippen molar-refractivity contribution in [2.45, 2.75) is 17.9 Å². The molecule has 3 N–H and O–H groups in total. The first-order valence-corrected chi connectivity index (χ1v) is 10.1. The minimum absolute atomic E-state index is 0.0696. The number of nitrogens with one attached hydrogen (secondary N) is 1. The highest BCUT2D eigenvalue weighted by Crippen LogP contribution is 2.46. The molecule has 1 fully saturated rings. The Morgan fingerprint density at radius 2 is 1.81 bits per heavy atom. The smallest absolute Gasteiger partial charge is 0.324 e. The van der Waals surface area contributed by atoms with Crippen molar-refractivity contribution in [1.29, 1.82) is 0 Å². The van der Waals surface area contributed by atoms with Gasteiger partial charge in [0.1, 0.15) is 11.6 Å². The highest BCUT2D eigenvalue weighted by Gasteiger charge is 2.55. The lowest BCUT2D eigenvalue weighted by atomic mass is 9.82. The summed E-state index contributed by atoms with van der Waals surface area (Å²) in [4.78, 5) is 31.5. The minimum Gasteiger partial charge on any atom is -0.367 e. The number of hydrogen-bond acceptors (Lipinski definition) is 3. The number of hydrogen-bond donors (Lipinski definition) is 2. The number of amides is 3. The predicted molar refractivity (Wildman–Crippen MR) is 116 cm³/mol. The van der Waals surface area contributed by atoms with Crippen molar-refractivity contribution in [2.75, 3.05) is 11.9 Å². The number of pyridine rings is 1. The summed E-state index contributed by atoms with van der Waals surface area (Å²) in [5, 5.41) is 3.09. The Balaban J connectivity index is 1.78. The van der Waals surface area contributed by atoms with Crippen LogP contribution in [0.15, 0.2) is 72.9 Å². The number of primary amides is 1. The predicted octanol–water partition coefficient (Wildman–Crippen LogP) is 4.28. The van der Waals surface area contributed by atoms with Crippen molar-refractivity contribution in [2.24, 2.45) is 5.73 Å². The Hall–Kier alpha value is -3.45. The zero-order valence-electron chi connectivity index (χ0n) is 16.5. The topological polar surface area (TPSA) is 88.3 Å². The Morgan fingerprint density at radius 1 is 1.10 bits per heavy atom. The van der Waals surface area contributed by atoms with Gasteiger partial charge in [0, 0.05) is 24.2 Å². The SMILES string of the molecule is NC(=O)C1(c2ccccc2F)CC(c2ccccc2)CN1C(=O)Nc1ccc(Cl)cn1. The second-order valence-electron chi connectivity index (χ2n) is 7.42. The zero-order chi connectivity index (χ0) is 22.0. The molecule has 1 aliphatic heterocycles. The Bertz CT molecular complexity index is 1110. The Morgan fingerprint density at radius 3 is 2.45 bits per heavy atom. The third-order valence-electron chi connectivity index (χ3n) is 5.61. The largest absolute Gasteiger partial charge is 0.367 e. The summed E-state index contributed by atoms with van der Waals surface area (Å²) in [7, 11) is 0. The molecule has 1 aliphatic rings. The molecule has 3 aromatic rings. The summed E-state index contributed by atoms with van der Waals surface area (Å²) in [6.07, 6.45) is 1.56. The molecule has 2 atom stereocenters. The molecule has 2 heterocycles. The van der Waals surface area contributed by atoms with Gasteiger partial charge in [0.15, 0.2) is 5.54 Å². The molecule has 3 amide bonds. The standard InChI is InChI=1S/C23H20ClFN4O2/c24-17-10-11-20(27-13-17)28-22(31)29-14-16(15-6-2-1-3-7-15)12-23(29,21(26)30)18-8-4-5-9-19(18)25/h1-11,13,16H,12,14H2,(H2,26,30)(H,27,28,31). The van der Waals surface area contributed by atoms with Crippen LogP contribution in [0.5, 0.6) is 0 Å². The number of benzene rings is 2. The second kappa shape index (κ2) is 8.35. The highest BCUT2D eigenvalue weighted by molar-refractivity contribution is 6.30. The van der Waals surface area contributed by atoms with Crippen molar-refractivity contribution in [3.8, 4) is 0 Å². The van der Waals surface area contributed by atoms with E-state index in [4.69, 9.17) is 17.3 Å². The van der Waals surface area contributed by atoms with E-state index in [0.29, 0.717) is 5.02 Å². The van der Waals surface area contributed by atoms with E-state index in [1.165, 1.54) is 29.3 Å². The molecule has 0 radical (unpaired) electrons. The van der Waals surface area contributed by atoms with E-state index in [9.17, 15) is 14.0 Å². The summed E-state index contributed by atoms with van der Waals surface area (Å²) in [5.74, 6) is -1.35.